The first-order valence-electron chi connectivity index (χ1n) is 6.58. The van der Waals surface area contributed by atoms with Crippen LogP contribution in [0.3, 0.4) is 0 Å². The van der Waals surface area contributed by atoms with E-state index in [1.54, 1.807) is 0 Å². The Morgan fingerprint density at radius 3 is 2.44 bits per heavy atom. The Kier molecular flexibility index (Phi) is 3.24. The van der Waals surface area contributed by atoms with Gasteiger partial charge in [-0.05, 0) is 51.0 Å². The molecule has 16 heavy (non-hydrogen) atoms. The van der Waals surface area contributed by atoms with Crippen LogP contribution in [0.4, 0.5) is 0 Å². The Hall–Kier alpha value is -0.570. The number of carbonyl (C=O) groups excluding carboxylic acids is 1. The minimum absolute atomic E-state index is 0.195. The lowest BCUT2D eigenvalue weighted by molar-refractivity contribution is -0.128. The first-order valence-corrected chi connectivity index (χ1v) is 6.58. The summed E-state index contributed by atoms with van der Waals surface area (Å²) in [6.07, 6.45) is 7.17. The predicted molar refractivity (Wildman–Crippen MR) is 65.2 cm³/mol. The maximum atomic E-state index is 12.1. The molecule has 0 aromatic heterocycles. The molecular formula is C13H24N2O. The minimum Gasteiger partial charge on any atom is -0.354 e. The van der Waals surface area contributed by atoms with E-state index < -0.39 is 0 Å². The number of piperidine rings is 1. The average molecular weight is 224 g/mol. The van der Waals surface area contributed by atoms with Gasteiger partial charge in [0.2, 0.25) is 5.91 Å². The molecule has 2 N–H and O–H groups in total. The monoisotopic (exact) mass is 224 g/mol. The Labute approximate surface area is 98.4 Å². The van der Waals surface area contributed by atoms with Crippen molar-refractivity contribution >= 4 is 5.91 Å². The van der Waals surface area contributed by atoms with Crippen molar-refractivity contribution in [3.05, 3.63) is 0 Å². The maximum Gasteiger partial charge on any atom is 0.240 e. The molecule has 1 heterocycles. The number of rotatable bonds is 3. The quantitative estimate of drug-likeness (QED) is 0.768. The van der Waals surface area contributed by atoms with Crippen molar-refractivity contribution in [2.24, 2.45) is 5.41 Å². The van der Waals surface area contributed by atoms with Crippen LogP contribution in [0.15, 0.2) is 0 Å². The van der Waals surface area contributed by atoms with Crippen LogP contribution in [0.5, 0.6) is 0 Å². The molecule has 3 heteroatoms. The Balaban J connectivity index is 1.82. The van der Waals surface area contributed by atoms with Gasteiger partial charge in [0.05, 0.1) is 5.54 Å². The Morgan fingerprint density at radius 2 is 1.94 bits per heavy atom. The molecule has 1 saturated heterocycles. The molecule has 1 atom stereocenters. The molecular weight excluding hydrogens is 200 g/mol. The molecule has 1 aliphatic carbocycles. The number of hydrogen-bond donors (Lipinski definition) is 2. The molecule has 0 radical (unpaired) electrons. The van der Waals surface area contributed by atoms with E-state index in [1.165, 1.54) is 25.7 Å². The minimum atomic E-state index is -0.321. The standard InChI is InChI=1S/C13H24N2O/c1-12(6-5-7-12)10-14-11(16)13(2)8-3-4-9-15-13/h15H,3-10H2,1-2H3,(H,14,16). The second-order valence-electron chi connectivity index (χ2n) is 6.06. The lowest BCUT2D eigenvalue weighted by Crippen LogP contribution is -2.58. The first kappa shape index (κ1) is 11.9. The summed E-state index contributed by atoms with van der Waals surface area (Å²) in [6.45, 7) is 6.13. The summed E-state index contributed by atoms with van der Waals surface area (Å²) in [5, 5.41) is 6.49. The highest BCUT2D eigenvalue weighted by Gasteiger charge is 2.37. The summed E-state index contributed by atoms with van der Waals surface area (Å²) in [5.74, 6) is 0.195. The third-order valence-electron chi connectivity index (χ3n) is 4.36. The molecule has 0 aromatic carbocycles. The summed E-state index contributed by atoms with van der Waals surface area (Å²) < 4.78 is 0. The van der Waals surface area contributed by atoms with Crippen molar-refractivity contribution < 1.29 is 4.79 Å². The zero-order valence-corrected chi connectivity index (χ0v) is 10.6. The van der Waals surface area contributed by atoms with Gasteiger partial charge in [-0.1, -0.05) is 13.3 Å². The van der Waals surface area contributed by atoms with Gasteiger partial charge in [-0.2, -0.15) is 0 Å². The zero-order chi connectivity index (χ0) is 11.6. The molecule has 92 valence electrons. The SMILES string of the molecule is CC1(CNC(=O)C2(C)CCCCN2)CCC1. The van der Waals surface area contributed by atoms with Gasteiger partial charge in [-0.3, -0.25) is 4.79 Å². The topological polar surface area (TPSA) is 41.1 Å². The zero-order valence-electron chi connectivity index (χ0n) is 10.6. The van der Waals surface area contributed by atoms with Crippen LogP contribution in [0.2, 0.25) is 0 Å². The summed E-state index contributed by atoms with van der Waals surface area (Å²) in [7, 11) is 0. The van der Waals surface area contributed by atoms with Gasteiger partial charge < -0.3 is 10.6 Å². The molecule has 1 unspecified atom stereocenters. The van der Waals surface area contributed by atoms with E-state index in [2.05, 4.69) is 17.6 Å². The van der Waals surface area contributed by atoms with Gasteiger partial charge in [0.15, 0.2) is 0 Å². The highest BCUT2D eigenvalue weighted by atomic mass is 16.2. The van der Waals surface area contributed by atoms with E-state index >= 15 is 0 Å². The summed E-state index contributed by atoms with van der Waals surface area (Å²) in [6, 6.07) is 0. The van der Waals surface area contributed by atoms with Crippen molar-refractivity contribution in [2.45, 2.75) is 57.9 Å². The van der Waals surface area contributed by atoms with Gasteiger partial charge in [0, 0.05) is 6.54 Å². The van der Waals surface area contributed by atoms with Gasteiger partial charge >= 0.3 is 0 Å². The molecule has 0 aromatic rings. The summed E-state index contributed by atoms with van der Waals surface area (Å²) in [5.41, 5.74) is 0.0546. The van der Waals surface area contributed by atoms with Crippen LogP contribution in [0, 0.1) is 5.41 Å². The van der Waals surface area contributed by atoms with Gasteiger partial charge in [0.1, 0.15) is 0 Å². The van der Waals surface area contributed by atoms with E-state index in [0.29, 0.717) is 5.41 Å². The van der Waals surface area contributed by atoms with Gasteiger partial charge in [0.25, 0.3) is 0 Å². The Bertz CT molecular complexity index is 265. The molecule has 1 amide bonds. The van der Waals surface area contributed by atoms with E-state index in [-0.39, 0.29) is 11.4 Å². The van der Waals surface area contributed by atoms with Crippen LogP contribution in [-0.2, 0) is 4.79 Å². The van der Waals surface area contributed by atoms with Crippen LogP contribution in [-0.4, -0.2) is 24.5 Å². The van der Waals surface area contributed by atoms with Crippen molar-refractivity contribution in [1.82, 2.24) is 10.6 Å². The van der Waals surface area contributed by atoms with Crippen molar-refractivity contribution in [3.63, 3.8) is 0 Å². The molecule has 0 bridgehead atoms. The molecule has 2 aliphatic rings. The number of amides is 1. The fraction of sp³-hybridized carbons (Fsp3) is 0.923. The predicted octanol–water partition coefficient (Wildman–Crippen LogP) is 1.82. The largest absolute Gasteiger partial charge is 0.354 e. The third-order valence-corrected chi connectivity index (χ3v) is 4.36. The molecule has 2 rings (SSSR count). The van der Waals surface area contributed by atoms with Crippen LogP contribution < -0.4 is 10.6 Å². The lowest BCUT2D eigenvalue weighted by Gasteiger charge is -2.40. The van der Waals surface area contributed by atoms with Crippen molar-refractivity contribution in [1.29, 1.82) is 0 Å². The van der Waals surface area contributed by atoms with Crippen LogP contribution in [0.1, 0.15) is 52.4 Å². The number of carbonyl (C=O) groups is 1. The van der Waals surface area contributed by atoms with Crippen molar-refractivity contribution in [3.8, 4) is 0 Å². The van der Waals surface area contributed by atoms with Crippen molar-refractivity contribution in [2.75, 3.05) is 13.1 Å². The van der Waals surface area contributed by atoms with Gasteiger partial charge in [-0.15, -0.1) is 0 Å². The number of hydrogen-bond acceptors (Lipinski definition) is 2. The average Bonchev–Trinajstić information content (AvgIpc) is 2.24. The number of nitrogens with one attached hydrogen (secondary N) is 2. The third kappa shape index (κ3) is 2.40. The molecule has 3 nitrogen and oxygen atoms in total. The maximum absolute atomic E-state index is 12.1. The molecule has 2 fully saturated rings. The molecule has 1 saturated carbocycles. The fourth-order valence-corrected chi connectivity index (χ4v) is 2.70. The van der Waals surface area contributed by atoms with E-state index in [0.717, 1.165) is 25.9 Å². The first-order chi connectivity index (χ1) is 7.54. The summed E-state index contributed by atoms with van der Waals surface area (Å²) in [4.78, 5) is 12.1. The second-order valence-corrected chi connectivity index (χ2v) is 6.06. The fourth-order valence-electron chi connectivity index (χ4n) is 2.70. The second kappa shape index (κ2) is 4.36. The molecule has 1 aliphatic heterocycles. The van der Waals surface area contributed by atoms with Crippen LogP contribution >= 0.6 is 0 Å². The normalized spacial score (nSPS) is 32.9. The lowest BCUT2D eigenvalue weighted by atomic mass is 9.70. The highest BCUT2D eigenvalue weighted by Crippen LogP contribution is 2.39. The van der Waals surface area contributed by atoms with E-state index in [9.17, 15) is 4.79 Å². The molecule has 0 spiro atoms. The van der Waals surface area contributed by atoms with Gasteiger partial charge in [-0.25, -0.2) is 0 Å². The summed E-state index contributed by atoms with van der Waals surface area (Å²) >= 11 is 0. The Morgan fingerprint density at radius 1 is 1.19 bits per heavy atom. The van der Waals surface area contributed by atoms with E-state index in [1.807, 2.05) is 6.92 Å². The highest BCUT2D eigenvalue weighted by molar-refractivity contribution is 5.86. The smallest absolute Gasteiger partial charge is 0.240 e. The van der Waals surface area contributed by atoms with E-state index in [4.69, 9.17) is 0 Å². The van der Waals surface area contributed by atoms with Crippen LogP contribution in [0.25, 0.3) is 0 Å².